The second-order valence-electron chi connectivity index (χ2n) is 3.37. The molecule has 74 valence electrons. The fourth-order valence-corrected chi connectivity index (χ4v) is 1.64. The molecule has 0 aliphatic carbocycles. The Morgan fingerprint density at radius 3 is 2.69 bits per heavy atom. The highest BCUT2D eigenvalue weighted by Gasteiger charge is 2.26. The van der Waals surface area contributed by atoms with Crippen molar-refractivity contribution in [1.29, 1.82) is 0 Å². The van der Waals surface area contributed by atoms with Gasteiger partial charge in [-0.25, -0.2) is 0 Å². The Morgan fingerprint density at radius 1 is 1.54 bits per heavy atom. The molecule has 0 saturated carbocycles. The Hall–Kier alpha value is -0.510. The van der Waals surface area contributed by atoms with Crippen LogP contribution in [0.1, 0.15) is 19.8 Å². The minimum atomic E-state index is -0.00157. The summed E-state index contributed by atoms with van der Waals surface area (Å²) in [4.78, 5) is 23.8. The fraction of sp³-hybridized carbons (Fsp3) is 0.778. The topological polar surface area (TPSA) is 37.4 Å². The maximum absolute atomic E-state index is 11.2. The number of ketones is 1. The summed E-state index contributed by atoms with van der Waals surface area (Å²) < 4.78 is 0. The number of rotatable bonds is 4. The first-order valence-corrected chi connectivity index (χ1v) is 5.74. The van der Waals surface area contributed by atoms with E-state index in [1.54, 1.807) is 16.7 Å². The van der Waals surface area contributed by atoms with E-state index in [1.165, 1.54) is 0 Å². The summed E-state index contributed by atoms with van der Waals surface area (Å²) in [6.45, 7) is 3.19. The van der Waals surface area contributed by atoms with Gasteiger partial charge in [0, 0.05) is 11.8 Å². The Labute approximate surface area is 82.9 Å². The van der Waals surface area contributed by atoms with Crippen molar-refractivity contribution in [2.24, 2.45) is 0 Å². The van der Waals surface area contributed by atoms with E-state index in [2.05, 4.69) is 13.2 Å². The van der Waals surface area contributed by atoms with E-state index >= 15 is 0 Å². The summed E-state index contributed by atoms with van der Waals surface area (Å²) in [7, 11) is 0. The number of thioether (sulfide) groups is 1. The second-order valence-corrected chi connectivity index (χ2v) is 4.64. The predicted octanol–water partition coefficient (Wildman–Crippen LogP) is 0.929. The zero-order chi connectivity index (χ0) is 9.84. The Morgan fingerprint density at radius 2 is 2.23 bits per heavy atom. The maximum atomic E-state index is 11.2. The van der Waals surface area contributed by atoms with Gasteiger partial charge in [0.2, 0.25) is 5.91 Å². The summed E-state index contributed by atoms with van der Waals surface area (Å²) in [5.74, 6) is 0.0557. The molecule has 1 atom stereocenters. The van der Waals surface area contributed by atoms with Gasteiger partial charge < -0.3 is 4.90 Å². The molecule has 13 heavy (non-hydrogen) atoms. The number of hydrogen-bond acceptors (Lipinski definition) is 3. The van der Waals surface area contributed by atoms with Crippen LogP contribution in [0.2, 0.25) is 0 Å². The first-order valence-electron chi connectivity index (χ1n) is 4.45. The van der Waals surface area contributed by atoms with Crippen LogP contribution >= 0.6 is 11.8 Å². The molecule has 1 amide bonds. The lowest BCUT2D eigenvalue weighted by Crippen LogP contribution is -2.27. The van der Waals surface area contributed by atoms with Gasteiger partial charge in [0.25, 0.3) is 0 Å². The number of likely N-dealkylation sites (tertiary alicyclic amines) is 1. The van der Waals surface area contributed by atoms with E-state index in [4.69, 9.17) is 0 Å². The van der Waals surface area contributed by atoms with Crippen LogP contribution in [-0.2, 0) is 9.59 Å². The lowest BCUT2D eigenvalue weighted by Gasteiger charge is -2.16. The van der Waals surface area contributed by atoms with Crippen LogP contribution in [0.15, 0.2) is 0 Å². The van der Waals surface area contributed by atoms with Crippen LogP contribution in [0.3, 0.4) is 0 Å². The third kappa shape index (κ3) is 3.03. The minimum absolute atomic E-state index is 0.00157. The number of hydrogen-bond donors (Lipinski definition) is 0. The summed E-state index contributed by atoms with van der Waals surface area (Å²) in [6.07, 6.45) is 3.15. The average molecular weight is 201 g/mol. The zero-order valence-electron chi connectivity index (χ0n) is 8.08. The zero-order valence-corrected chi connectivity index (χ0v) is 8.89. The van der Waals surface area contributed by atoms with E-state index in [0.29, 0.717) is 11.8 Å². The van der Waals surface area contributed by atoms with Crippen molar-refractivity contribution in [2.75, 3.05) is 19.3 Å². The number of amides is 1. The molecule has 1 aliphatic rings. The Kier molecular flexibility index (Phi) is 3.78. The van der Waals surface area contributed by atoms with Gasteiger partial charge in [-0.3, -0.25) is 9.59 Å². The van der Waals surface area contributed by atoms with Gasteiger partial charge in [0.15, 0.2) is 5.78 Å². The maximum Gasteiger partial charge on any atom is 0.230 e. The van der Waals surface area contributed by atoms with Crippen molar-refractivity contribution in [1.82, 2.24) is 4.90 Å². The molecule has 1 unspecified atom stereocenters. The van der Waals surface area contributed by atoms with Gasteiger partial charge in [0.05, 0.1) is 13.0 Å². The quantitative estimate of drug-likeness (QED) is 0.635. The molecule has 0 radical (unpaired) electrons. The van der Waals surface area contributed by atoms with E-state index in [1.807, 2.05) is 0 Å². The van der Waals surface area contributed by atoms with Crippen molar-refractivity contribution in [3.8, 4) is 0 Å². The molecule has 1 rings (SSSR count). The van der Waals surface area contributed by atoms with E-state index in [9.17, 15) is 9.59 Å². The molecular formula is C9H15NO2S. The lowest BCUT2D eigenvalue weighted by atomic mass is 10.3. The van der Waals surface area contributed by atoms with Crippen molar-refractivity contribution >= 4 is 23.5 Å². The summed E-state index contributed by atoms with van der Waals surface area (Å²) in [5.41, 5.74) is 0. The third-order valence-electron chi connectivity index (χ3n) is 2.28. The SMILES string of the molecule is CSC(C)CCN1CC(=O)CC1=O. The normalized spacial score (nSPS) is 19.7. The third-order valence-corrected chi connectivity index (χ3v) is 3.32. The molecular weight excluding hydrogens is 186 g/mol. The van der Waals surface area contributed by atoms with Crippen LogP contribution in [0.5, 0.6) is 0 Å². The highest BCUT2D eigenvalue weighted by atomic mass is 32.2. The standard InChI is InChI=1S/C9H15NO2S/c1-7(13-2)3-4-10-6-8(11)5-9(10)12/h7H,3-6H2,1-2H3. The van der Waals surface area contributed by atoms with Gasteiger partial charge in [-0.2, -0.15) is 11.8 Å². The van der Waals surface area contributed by atoms with E-state index in [-0.39, 0.29) is 18.1 Å². The molecule has 1 aliphatic heterocycles. The van der Waals surface area contributed by atoms with Crippen LogP contribution in [-0.4, -0.2) is 41.2 Å². The largest absolute Gasteiger partial charge is 0.335 e. The minimum Gasteiger partial charge on any atom is -0.335 e. The highest BCUT2D eigenvalue weighted by Crippen LogP contribution is 2.13. The summed E-state index contributed by atoms with van der Waals surface area (Å²) in [5, 5.41) is 0.559. The van der Waals surface area contributed by atoms with E-state index in [0.717, 1.165) is 13.0 Å². The van der Waals surface area contributed by atoms with Gasteiger partial charge in [-0.1, -0.05) is 6.92 Å². The Balaban J connectivity index is 2.29. The van der Waals surface area contributed by atoms with Crippen LogP contribution < -0.4 is 0 Å². The molecule has 0 bridgehead atoms. The first kappa shape index (κ1) is 10.6. The van der Waals surface area contributed by atoms with Crippen molar-refractivity contribution < 1.29 is 9.59 Å². The van der Waals surface area contributed by atoms with Gasteiger partial charge in [-0.05, 0) is 12.7 Å². The van der Waals surface area contributed by atoms with Gasteiger partial charge in [-0.15, -0.1) is 0 Å². The summed E-state index contributed by atoms with van der Waals surface area (Å²) in [6, 6.07) is 0. The van der Waals surface area contributed by atoms with Gasteiger partial charge in [0.1, 0.15) is 0 Å². The molecule has 0 spiro atoms. The predicted molar refractivity (Wildman–Crippen MR) is 53.8 cm³/mol. The molecule has 4 heteroatoms. The highest BCUT2D eigenvalue weighted by molar-refractivity contribution is 7.99. The summed E-state index contributed by atoms with van der Waals surface area (Å²) >= 11 is 1.79. The van der Waals surface area contributed by atoms with Crippen LogP contribution in [0.4, 0.5) is 0 Å². The number of carbonyl (C=O) groups excluding carboxylic acids is 2. The number of carbonyl (C=O) groups is 2. The Bertz CT molecular complexity index is 218. The smallest absolute Gasteiger partial charge is 0.230 e. The average Bonchev–Trinajstić information content (AvgIpc) is 2.41. The molecule has 3 nitrogen and oxygen atoms in total. The van der Waals surface area contributed by atoms with E-state index < -0.39 is 0 Å². The number of Topliss-reactive ketones (excluding diaryl/α,β-unsaturated/α-hetero) is 1. The first-order chi connectivity index (χ1) is 6.13. The number of nitrogens with zero attached hydrogens (tertiary/aromatic N) is 1. The molecule has 0 N–H and O–H groups in total. The molecule has 1 heterocycles. The molecule has 1 fully saturated rings. The molecule has 0 aromatic rings. The molecule has 0 aromatic heterocycles. The van der Waals surface area contributed by atoms with Crippen LogP contribution in [0.25, 0.3) is 0 Å². The fourth-order valence-electron chi connectivity index (χ4n) is 1.30. The van der Waals surface area contributed by atoms with Crippen LogP contribution in [0, 0.1) is 0 Å². The monoisotopic (exact) mass is 201 g/mol. The van der Waals surface area contributed by atoms with Crippen molar-refractivity contribution in [3.05, 3.63) is 0 Å². The molecule has 0 aromatic carbocycles. The second kappa shape index (κ2) is 4.65. The molecule has 1 saturated heterocycles. The van der Waals surface area contributed by atoms with Crippen molar-refractivity contribution in [3.63, 3.8) is 0 Å². The van der Waals surface area contributed by atoms with Gasteiger partial charge >= 0.3 is 0 Å². The lowest BCUT2D eigenvalue weighted by molar-refractivity contribution is -0.127. The van der Waals surface area contributed by atoms with Crippen molar-refractivity contribution in [2.45, 2.75) is 25.0 Å².